The third kappa shape index (κ3) is 4.31. The van der Waals surface area contributed by atoms with Crippen molar-refractivity contribution in [2.24, 2.45) is 11.8 Å². The number of aryl methyl sites for hydroxylation is 1. The van der Waals surface area contributed by atoms with Crippen LogP contribution in [0.3, 0.4) is 0 Å². The van der Waals surface area contributed by atoms with Crippen molar-refractivity contribution in [3.8, 4) is 0 Å². The summed E-state index contributed by atoms with van der Waals surface area (Å²) < 4.78 is 0. The number of hydrogen-bond acceptors (Lipinski definition) is 2. The second-order valence-corrected chi connectivity index (χ2v) is 7.03. The molecule has 1 aliphatic heterocycles. The number of benzene rings is 1. The minimum Gasteiger partial charge on any atom is -0.309 e. The summed E-state index contributed by atoms with van der Waals surface area (Å²) in [6.45, 7) is 14.9. The van der Waals surface area contributed by atoms with Gasteiger partial charge in [-0.15, -0.1) is 0 Å². The molecule has 4 unspecified atom stereocenters. The van der Waals surface area contributed by atoms with Gasteiger partial charge in [-0.1, -0.05) is 50.6 Å². The highest BCUT2D eigenvalue weighted by Gasteiger charge is 2.30. The number of nitrogens with zero attached hydrogens (tertiary/aromatic N) is 1. The van der Waals surface area contributed by atoms with E-state index in [0.29, 0.717) is 12.1 Å². The van der Waals surface area contributed by atoms with Crippen LogP contribution in [0, 0.1) is 18.8 Å². The van der Waals surface area contributed by atoms with Crippen LogP contribution in [0.4, 0.5) is 0 Å². The zero-order valence-corrected chi connectivity index (χ0v) is 14.4. The van der Waals surface area contributed by atoms with Gasteiger partial charge in [-0.25, -0.2) is 0 Å². The van der Waals surface area contributed by atoms with Gasteiger partial charge in [-0.3, -0.25) is 4.90 Å². The van der Waals surface area contributed by atoms with Gasteiger partial charge in [-0.05, 0) is 44.2 Å². The topological polar surface area (TPSA) is 15.3 Å². The largest absolute Gasteiger partial charge is 0.309 e. The quantitative estimate of drug-likeness (QED) is 0.880. The predicted octanol–water partition coefficient (Wildman–Crippen LogP) is 4.01. The highest BCUT2D eigenvalue weighted by atomic mass is 15.2. The Morgan fingerprint density at radius 3 is 2.48 bits per heavy atom. The summed E-state index contributed by atoms with van der Waals surface area (Å²) >= 11 is 0. The van der Waals surface area contributed by atoms with Crippen LogP contribution >= 0.6 is 0 Å². The van der Waals surface area contributed by atoms with Crippen LogP contribution in [0.25, 0.3) is 0 Å². The Balaban J connectivity index is 2.09. The Labute approximate surface area is 130 Å². The summed E-state index contributed by atoms with van der Waals surface area (Å²) in [6, 6.07) is 10.1. The molecule has 0 spiro atoms. The number of rotatable bonds is 5. The molecule has 1 fully saturated rings. The second kappa shape index (κ2) is 7.42. The smallest absolute Gasteiger partial charge is 0.0449 e. The average molecular weight is 288 g/mol. The van der Waals surface area contributed by atoms with Gasteiger partial charge in [-0.2, -0.15) is 0 Å². The molecule has 1 aliphatic rings. The summed E-state index contributed by atoms with van der Waals surface area (Å²) in [4.78, 5) is 2.69. The molecule has 1 saturated heterocycles. The molecular weight excluding hydrogens is 256 g/mol. The van der Waals surface area contributed by atoms with Crippen molar-refractivity contribution in [3.05, 3.63) is 35.4 Å². The van der Waals surface area contributed by atoms with Gasteiger partial charge in [0.25, 0.3) is 0 Å². The van der Waals surface area contributed by atoms with Gasteiger partial charge in [0.2, 0.25) is 0 Å². The Kier molecular flexibility index (Phi) is 5.83. The lowest BCUT2D eigenvalue weighted by atomic mass is 9.85. The molecular formula is C19H32N2. The zero-order valence-electron chi connectivity index (χ0n) is 14.4. The molecule has 21 heavy (non-hydrogen) atoms. The summed E-state index contributed by atoms with van der Waals surface area (Å²) in [7, 11) is 0. The van der Waals surface area contributed by atoms with Gasteiger partial charge in [0.15, 0.2) is 0 Å². The maximum Gasteiger partial charge on any atom is 0.0449 e. The molecule has 1 aromatic rings. The molecule has 4 atom stereocenters. The van der Waals surface area contributed by atoms with Crippen LogP contribution in [0.2, 0.25) is 0 Å². The molecule has 118 valence electrons. The van der Waals surface area contributed by atoms with E-state index in [2.05, 4.69) is 69.1 Å². The molecule has 0 aliphatic carbocycles. The monoisotopic (exact) mass is 288 g/mol. The molecule has 1 aromatic carbocycles. The van der Waals surface area contributed by atoms with E-state index >= 15 is 0 Å². The lowest BCUT2D eigenvalue weighted by Gasteiger charge is -2.42. The number of likely N-dealkylation sites (tertiary alicyclic amines) is 1. The number of nitrogens with one attached hydrogen (secondary N) is 1. The molecule has 1 N–H and O–H groups in total. The number of hydrogen-bond donors (Lipinski definition) is 1. The number of piperidine rings is 1. The van der Waals surface area contributed by atoms with Gasteiger partial charge in [0, 0.05) is 25.2 Å². The molecule has 0 amide bonds. The first-order chi connectivity index (χ1) is 10.0. The maximum atomic E-state index is 3.67. The van der Waals surface area contributed by atoms with Gasteiger partial charge in [0.1, 0.15) is 0 Å². The van der Waals surface area contributed by atoms with E-state index in [9.17, 15) is 0 Å². The third-order valence-corrected chi connectivity index (χ3v) is 5.07. The van der Waals surface area contributed by atoms with Crippen LogP contribution in [-0.4, -0.2) is 30.6 Å². The Morgan fingerprint density at radius 1 is 1.19 bits per heavy atom. The number of likely N-dealkylation sites (N-methyl/N-ethyl adjacent to an activating group) is 1. The van der Waals surface area contributed by atoms with Crippen LogP contribution in [0.1, 0.15) is 51.3 Å². The first kappa shape index (κ1) is 16.5. The normalized spacial score (nSPS) is 28.5. The average Bonchev–Trinajstić information content (AvgIpc) is 2.44. The van der Waals surface area contributed by atoms with E-state index in [1.54, 1.807) is 0 Å². The zero-order chi connectivity index (χ0) is 15.4. The molecule has 0 saturated carbocycles. The summed E-state index contributed by atoms with van der Waals surface area (Å²) in [5, 5.41) is 3.67. The van der Waals surface area contributed by atoms with Crippen molar-refractivity contribution in [1.82, 2.24) is 10.2 Å². The van der Waals surface area contributed by atoms with Gasteiger partial charge >= 0.3 is 0 Å². The summed E-state index contributed by atoms with van der Waals surface area (Å²) in [6.07, 6.45) is 1.37. The van der Waals surface area contributed by atoms with Crippen molar-refractivity contribution < 1.29 is 0 Å². The Morgan fingerprint density at radius 2 is 1.86 bits per heavy atom. The summed E-state index contributed by atoms with van der Waals surface area (Å²) in [5.74, 6) is 1.62. The highest BCUT2D eigenvalue weighted by molar-refractivity contribution is 5.24. The molecule has 1 heterocycles. The van der Waals surface area contributed by atoms with Crippen LogP contribution in [0.5, 0.6) is 0 Å². The minimum absolute atomic E-state index is 0.440. The van der Waals surface area contributed by atoms with Crippen molar-refractivity contribution in [3.63, 3.8) is 0 Å². The van der Waals surface area contributed by atoms with Crippen LogP contribution in [-0.2, 0) is 0 Å². The molecule has 0 aromatic heterocycles. The Bertz CT molecular complexity index is 426. The second-order valence-electron chi connectivity index (χ2n) is 7.03. The van der Waals surface area contributed by atoms with E-state index in [-0.39, 0.29) is 0 Å². The van der Waals surface area contributed by atoms with E-state index in [1.165, 1.54) is 24.1 Å². The predicted molar refractivity (Wildman–Crippen MR) is 91.6 cm³/mol. The van der Waals surface area contributed by atoms with Crippen LogP contribution < -0.4 is 5.32 Å². The lowest BCUT2D eigenvalue weighted by Crippen LogP contribution is -2.48. The van der Waals surface area contributed by atoms with Gasteiger partial charge < -0.3 is 5.32 Å². The molecule has 2 nitrogen and oxygen atoms in total. The fourth-order valence-corrected chi connectivity index (χ4v) is 3.64. The van der Waals surface area contributed by atoms with E-state index in [4.69, 9.17) is 0 Å². The Hall–Kier alpha value is -0.860. The maximum absolute atomic E-state index is 3.67. The van der Waals surface area contributed by atoms with E-state index < -0.39 is 0 Å². The SMILES string of the molecule is CCNC(CN1CC(C)CC(C)C1C)c1ccc(C)cc1. The first-order valence-electron chi connectivity index (χ1n) is 8.55. The fraction of sp³-hybridized carbons (Fsp3) is 0.684. The van der Waals surface area contributed by atoms with Crippen molar-refractivity contribution in [1.29, 1.82) is 0 Å². The molecule has 2 heteroatoms. The molecule has 0 radical (unpaired) electrons. The van der Waals surface area contributed by atoms with Crippen LogP contribution in [0.15, 0.2) is 24.3 Å². The fourth-order valence-electron chi connectivity index (χ4n) is 3.64. The molecule has 0 bridgehead atoms. The van der Waals surface area contributed by atoms with E-state index in [1.807, 2.05) is 0 Å². The highest BCUT2D eigenvalue weighted by Crippen LogP contribution is 2.28. The minimum atomic E-state index is 0.440. The third-order valence-electron chi connectivity index (χ3n) is 5.07. The van der Waals surface area contributed by atoms with Gasteiger partial charge in [0.05, 0.1) is 0 Å². The molecule has 2 rings (SSSR count). The first-order valence-corrected chi connectivity index (χ1v) is 8.55. The summed E-state index contributed by atoms with van der Waals surface area (Å²) in [5.41, 5.74) is 2.75. The van der Waals surface area contributed by atoms with Crippen molar-refractivity contribution in [2.45, 2.75) is 53.1 Å². The standard InChI is InChI=1S/C19H32N2/c1-6-20-19(18-9-7-14(2)8-10-18)13-21-12-15(3)11-16(4)17(21)5/h7-10,15-17,19-20H,6,11-13H2,1-5H3. The lowest BCUT2D eigenvalue weighted by molar-refractivity contribution is 0.0704. The van der Waals surface area contributed by atoms with Crippen molar-refractivity contribution >= 4 is 0 Å². The van der Waals surface area contributed by atoms with Crippen molar-refractivity contribution in [2.75, 3.05) is 19.6 Å². The van der Waals surface area contributed by atoms with E-state index in [0.717, 1.165) is 24.9 Å².